The lowest BCUT2D eigenvalue weighted by Gasteiger charge is -2.11. The van der Waals surface area contributed by atoms with E-state index < -0.39 is 0 Å². The highest BCUT2D eigenvalue weighted by Gasteiger charge is 2.19. The monoisotopic (exact) mass is 256 g/mol. The highest BCUT2D eigenvalue weighted by molar-refractivity contribution is 5.97. The van der Waals surface area contributed by atoms with Crippen LogP contribution in [0.4, 0.5) is 0 Å². The average molecular weight is 256 g/mol. The number of Topliss-reactive ketones (excluding diaryl/α,β-unsaturated/α-hetero) is 1. The van der Waals surface area contributed by atoms with E-state index in [-0.39, 0.29) is 5.78 Å². The smallest absolute Gasteiger partial charge is 0.198 e. The molecule has 100 valence electrons. The minimum atomic E-state index is 0.170. The second kappa shape index (κ2) is 5.60. The maximum absolute atomic E-state index is 12.3. The van der Waals surface area contributed by atoms with E-state index in [9.17, 15) is 4.79 Å². The third-order valence-corrected chi connectivity index (χ3v) is 4.15. The van der Waals surface area contributed by atoms with Gasteiger partial charge in [0.15, 0.2) is 11.5 Å². The van der Waals surface area contributed by atoms with Crippen LogP contribution in [0.15, 0.2) is 34.7 Å². The van der Waals surface area contributed by atoms with E-state index in [1.165, 1.54) is 38.5 Å². The fourth-order valence-electron chi connectivity index (χ4n) is 3.05. The number of furan rings is 1. The van der Waals surface area contributed by atoms with Gasteiger partial charge in [-0.05, 0) is 18.1 Å². The molecule has 1 fully saturated rings. The Labute approximate surface area is 113 Å². The van der Waals surface area contributed by atoms with Gasteiger partial charge in [-0.3, -0.25) is 4.79 Å². The molecule has 0 radical (unpaired) electrons. The molecule has 0 unspecified atom stereocenters. The van der Waals surface area contributed by atoms with Gasteiger partial charge in [-0.15, -0.1) is 0 Å². The Balaban J connectivity index is 1.72. The standard InChI is InChI=1S/C17H20O2/c18-15(11-13-7-3-1-2-4-8-13)17-12-14-9-5-6-10-16(14)19-17/h5-6,9-10,12-13H,1-4,7-8,11H2. The van der Waals surface area contributed by atoms with Gasteiger partial charge in [0, 0.05) is 11.8 Å². The van der Waals surface area contributed by atoms with Crippen molar-refractivity contribution < 1.29 is 9.21 Å². The van der Waals surface area contributed by atoms with E-state index in [0.717, 1.165) is 11.0 Å². The Bertz CT molecular complexity index is 526. The van der Waals surface area contributed by atoms with Crippen LogP contribution in [0.3, 0.4) is 0 Å². The molecule has 19 heavy (non-hydrogen) atoms. The van der Waals surface area contributed by atoms with Gasteiger partial charge in [0.2, 0.25) is 0 Å². The van der Waals surface area contributed by atoms with Crippen molar-refractivity contribution in [2.24, 2.45) is 5.92 Å². The number of carbonyl (C=O) groups is 1. The maximum Gasteiger partial charge on any atom is 0.198 e. The number of fused-ring (bicyclic) bond motifs is 1. The van der Waals surface area contributed by atoms with Crippen molar-refractivity contribution in [3.05, 3.63) is 36.1 Å². The average Bonchev–Trinajstić information content (AvgIpc) is 2.70. The van der Waals surface area contributed by atoms with Gasteiger partial charge < -0.3 is 4.42 Å². The minimum Gasteiger partial charge on any atom is -0.453 e. The first kappa shape index (κ1) is 12.5. The summed E-state index contributed by atoms with van der Waals surface area (Å²) in [5, 5.41) is 1.02. The summed E-state index contributed by atoms with van der Waals surface area (Å²) in [5.41, 5.74) is 0.812. The van der Waals surface area contributed by atoms with Crippen molar-refractivity contribution in [3.8, 4) is 0 Å². The number of carbonyl (C=O) groups excluding carboxylic acids is 1. The van der Waals surface area contributed by atoms with Crippen molar-refractivity contribution >= 4 is 16.8 Å². The number of ketones is 1. The van der Waals surface area contributed by atoms with Crippen LogP contribution >= 0.6 is 0 Å². The van der Waals surface area contributed by atoms with Gasteiger partial charge in [0.05, 0.1) is 0 Å². The van der Waals surface area contributed by atoms with Crippen LogP contribution in [-0.2, 0) is 0 Å². The van der Waals surface area contributed by atoms with Gasteiger partial charge in [0.1, 0.15) is 5.58 Å². The van der Waals surface area contributed by atoms with Crippen LogP contribution in [-0.4, -0.2) is 5.78 Å². The number of hydrogen-bond acceptors (Lipinski definition) is 2. The van der Waals surface area contributed by atoms with E-state index in [4.69, 9.17) is 4.42 Å². The number of para-hydroxylation sites is 1. The molecule has 1 aliphatic carbocycles. The first-order valence-corrected chi connectivity index (χ1v) is 7.35. The number of hydrogen-bond donors (Lipinski definition) is 0. The Hall–Kier alpha value is -1.57. The molecule has 3 rings (SSSR count). The van der Waals surface area contributed by atoms with E-state index in [1.807, 2.05) is 30.3 Å². The Morgan fingerprint density at radius 2 is 1.84 bits per heavy atom. The van der Waals surface area contributed by atoms with Crippen molar-refractivity contribution in [3.63, 3.8) is 0 Å². The second-order valence-electron chi connectivity index (χ2n) is 5.63. The van der Waals surface area contributed by atoms with E-state index in [0.29, 0.717) is 18.1 Å². The largest absolute Gasteiger partial charge is 0.453 e. The highest BCUT2D eigenvalue weighted by atomic mass is 16.3. The van der Waals surface area contributed by atoms with Crippen molar-refractivity contribution in [1.29, 1.82) is 0 Å². The lowest BCUT2D eigenvalue weighted by atomic mass is 9.94. The molecule has 2 aromatic rings. The minimum absolute atomic E-state index is 0.170. The third-order valence-electron chi connectivity index (χ3n) is 4.15. The number of rotatable bonds is 3. The second-order valence-corrected chi connectivity index (χ2v) is 5.63. The summed E-state index contributed by atoms with van der Waals surface area (Å²) in [4.78, 5) is 12.3. The zero-order valence-corrected chi connectivity index (χ0v) is 11.2. The summed E-state index contributed by atoms with van der Waals surface area (Å²) in [7, 11) is 0. The van der Waals surface area contributed by atoms with Gasteiger partial charge in [-0.25, -0.2) is 0 Å². The Kier molecular flexibility index (Phi) is 3.67. The zero-order chi connectivity index (χ0) is 13.1. The summed E-state index contributed by atoms with van der Waals surface area (Å²) in [5.74, 6) is 1.26. The molecule has 0 spiro atoms. The molecule has 1 aliphatic rings. The molecular weight excluding hydrogens is 236 g/mol. The molecule has 1 aromatic heterocycles. The van der Waals surface area contributed by atoms with Crippen molar-refractivity contribution in [2.75, 3.05) is 0 Å². The molecular formula is C17H20O2. The maximum atomic E-state index is 12.3. The Morgan fingerprint density at radius 1 is 1.11 bits per heavy atom. The highest BCUT2D eigenvalue weighted by Crippen LogP contribution is 2.28. The van der Waals surface area contributed by atoms with Crippen molar-refractivity contribution in [2.45, 2.75) is 44.9 Å². The van der Waals surface area contributed by atoms with Crippen LogP contribution in [0.1, 0.15) is 55.5 Å². The molecule has 0 atom stereocenters. The van der Waals surface area contributed by atoms with Crippen LogP contribution in [0.5, 0.6) is 0 Å². The van der Waals surface area contributed by atoms with Crippen LogP contribution in [0.2, 0.25) is 0 Å². The SMILES string of the molecule is O=C(CC1CCCCCC1)c1cc2ccccc2o1. The first-order chi connectivity index (χ1) is 9.33. The van der Waals surface area contributed by atoms with E-state index in [2.05, 4.69) is 0 Å². The quantitative estimate of drug-likeness (QED) is 0.573. The van der Waals surface area contributed by atoms with Gasteiger partial charge in [0.25, 0.3) is 0 Å². The first-order valence-electron chi connectivity index (χ1n) is 7.35. The topological polar surface area (TPSA) is 30.2 Å². The molecule has 0 amide bonds. The lowest BCUT2D eigenvalue weighted by Crippen LogP contribution is -2.07. The fourth-order valence-corrected chi connectivity index (χ4v) is 3.05. The predicted molar refractivity (Wildman–Crippen MR) is 76.4 cm³/mol. The summed E-state index contributed by atoms with van der Waals surface area (Å²) in [6, 6.07) is 9.69. The normalized spacial score (nSPS) is 17.5. The predicted octanol–water partition coefficient (Wildman–Crippen LogP) is 4.98. The van der Waals surface area contributed by atoms with Crippen LogP contribution < -0.4 is 0 Å². The molecule has 0 aliphatic heterocycles. The Morgan fingerprint density at radius 3 is 2.58 bits per heavy atom. The molecule has 1 heterocycles. The van der Waals surface area contributed by atoms with E-state index in [1.54, 1.807) is 0 Å². The summed E-state index contributed by atoms with van der Waals surface area (Å²) >= 11 is 0. The van der Waals surface area contributed by atoms with Crippen LogP contribution in [0, 0.1) is 5.92 Å². The molecule has 0 N–H and O–H groups in total. The van der Waals surface area contributed by atoms with E-state index >= 15 is 0 Å². The molecule has 1 saturated carbocycles. The third kappa shape index (κ3) is 2.89. The molecule has 2 heteroatoms. The fraction of sp³-hybridized carbons (Fsp3) is 0.471. The van der Waals surface area contributed by atoms with Crippen LogP contribution in [0.25, 0.3) is 11.0 Å². The summed E-state index contributed by atoms with van der Waals surface area (Å²) in [6.07, 6.45) is 8.26. The van der Waals surface area contributed by atoms with Gasteiger partial charge in [-0.1, -0.05) is 56.7 Å². The molecule has 2 nitrogen and oxygen atoms in total. The summed E-state index contributed by atoms with van der Waals surface area (Å²) < 4.78 is 5.65. The van der Waals surface area contributed by atoms with Gasteiger partial charge >= 0.3 is 0 Å². The van der Waals surface area contributed by atoms with Crippen molar-refractivity contribution in [1.82, 2.24) is 0 Å². The molecule has 0 saturated heterocycles. The number of benzene rings is 1. The molecule has 0 bridgehead atoms. The lowest BCUT2D eigenvalue weighted by molar-refractivity contribution is 0.0932. The molecule has 1 aromatic carbocycles. The van der Waals surface area contributed by atoms with Gasteiger partial charge in [-0.2, -0.15) is 0 Å². The zero-order valence-electron chi connectivity index (χ0n) is 11.2. The summed E-state index contributed by atoms with van der Waals surface area (Å²) in [6.45, 7) is 0.